The third-order valence-electron chi connectivity index (χ3n) is 3.57. The number of hydrogen-bond donors (Lipinski definition) is 1. The fourth-order valence-electron chi connectivity index (χ4n) is 2.59. The standard InChI is InChI=1S/C15H23NO/c1-2-3-6-11-16-12-7-10-15(17)13-8-4-5-9-14(13)16/h4-5,8-9,15,17H,2-3,6-7,10-12H2,1H3. The van der Waals surface area contributed by atoms with Crippen LogP contribution in [0.1, 0.15) is 50.7 Å². The second kappa shape index (κ2) is 6.06. The lowest BCUT2D eigenvalue weighted by Gasteiger charge is -2.25. The molecule has 2 heteroatoms. The SMILES string of the molecule is CCCCCN1CCCC(O)c2ccccc21. The molecule has 17 heavy (non-hydrogen) atoms. The number of anilines is 1. The molecule has 0 saturated heterocycles. The second-order valence-electron chi connectivity index (χ2n) is 4.91. The van der Waals surface area contributed by atoms with Crippen LogP contribution in [0.15, 0.2) is 24.3 Å². The van der Waals surface area contributed by atoms with Gasteiger partial charge in [0.1, 0.15) is 0 Å². The molecule has 2 rings (SSSR count). The fourth-order valence-corrected chi connectivity index (χ4v) is 2.59. The van der Waals surface area contributed by atoms with Gasteiger partial charge < -0.3 is 10.0 Å². The molecule has 1 aliphatic heterocycles. The Kier molecular flexibility index (Phi) is 4.43. The van der Waals surface area contributed by atoms with Crippen LogP contribution in [0.5, 0.6) is 0 Å². The average Bonchev–Trinajstić information content (AvgIpc) is 2.51. The van der Waals surface area contributed by atoms with Crippen LogP contribution >= 0.6 is 0 Å². The van der Waals surface area contributed by atoms with Gasteiger partial charge in [-0.15, -0.1) is 0 Å². The molecule has 1 heterocycles. The maximum absolute atomic E-state index is 10.1. The number of rotatable bonds is 4. The first-order valence-corrected chi connectivity index (χ1v) is 6.85. The number of unbranched alkanes of at least 4 members (excludes halogenated alkanes) is 2. The summed E-state index contributed by atoms with van der Waals surface area (Å²) in [6, 6.07) is 8.31. The molecular formula is C15H23NO. The van der Waals surface area contributed by atoms with E-state index in [1.165, 1.54) is 24.9 Å². The molecule has 0 aromatic heterocycles. The Balaban J connectivity index is 2.14. The van der Waals surface area contributed by atoms with Crippen LogP contribution in [0.3, 0.4) is 0 Å². The van der Waals surface area contributed by atoms with Crippen molar-refractivity contribution in [2.75, 3.05) is 18.0 Å². The molecule has 0 radical (unpaired) electrons. The summed E-state index contributed by atoms with van der Waals surface area (Å²) in [5.74, 6) is 0. The van der Waals surface area contributed by atoms with Crippen molar-refractivity contribution in [3.05, 3.63) is 29.8 Å². The molecule has 0 spiro atoms. The van der Waals surface area contributed by atoms with Gasteiger partial charge in [0, 0.05) is 24.3 Å². The van der Waals surface area contributed by atoms with E-state index in [2.05, 4.69) is 30.0 Å². The molecule has 1 N–H and O–H groups in total. The summed E-state index contributed by atoms with van der Waals surface area (Å²) in [4.78, 5) is 2.45. The van der Waals surface area contributed by atoms with Crippen molar-refractivity contribution >= 4 is 5.69 Å². The topological polar surface area (TPSA) is 23.5 Å². The Hall–Kier alpha value is -1.02. The fraction of sp³-hybridized carbons (Fsp3) is 0.600. The Bertz CT molecular complexity index is 351. The van der Waals surface area contributed by atoms with Crippen molar-refractivity contribution < 1.29 is 5.11 Å². The Morgan fingerprint density at radius 1 is 1.29 bits per heavy atom. The van der Waals surface area contributed by atoms with Crippen molar-refractivity contribution in [2.45, 2.75) is 45.1 Å². The van der Waals surface area contributed by atoms with Crippen molar-refractivity contribution in [2.24, 2.45) is 0 Å². The summed E-state index contributed by atoms with van der Waals surface area (Å²) < 4.78 is 0. The molecule has 1 unspecified atom stereocenters. The summed E-state index contributed by atoms with van der Waals surface area (Å²) in [7, 11) is 0. The predicted molar refractivity (Wildman–Crippen MR) is 72.4 cm³/mol. The van der Waals surface area contributed by atoms with Crippen LogP contribution in [-0.2, 0) is 0 Å². The zero-order chi connectivity index (χ0) is 12.1. The first kappa shape index (κ1) is 12.4. The van der Waals surface area contributed by atoms with E-state index in [-0.39, 0.29) is 6.10 Å². The van der Waals surface area contributed by atoms with Gasteiger partial charge in [0.05, 0.1) is 6.10 Å². The van der Waals surface area contributed by atoms with Gasteiger partial charge in [0.25, 0.3) is 0 Å². The van der Waals surface area contributed by atoms with Crippen LogP contribution in [0, 0.1) is 0 Å². The highest BCUT2D eigenvalue weighted by atomic mass is 16.3. The highest BCUT2D eigenvalue weighted by Gasteiger charge is 2.20. The van der Waals surface area contributed by atoms with E-state index in [0.717, 1.165) is 31.5 Å². The van der Waals surface area contributed by atoms with Crippen LogP contribution in [0.4, 0.5) is 5.69 Å². The van der Waals surface area contributed by atoms with Gasteiger partial charge in [-0.25, -0.2) is 0 Å². The summed E-state index contributed by atoms with van der Waals surface area (Å²) >= 11 is 0. The molecule has 0 bridgehead atoms. The lowest BCUT2D eigenvalue weighted by Crippen LogP contribution is -2.25. The second-order valence-corrected chi connectivity index (χ2v) is 4.91. The maximum Gasteiger partial charge on any atom is 0.0810 e. The minimum absolute atomic E-state index is 0.276. The lowest BCUT2D eigenvalue weighted by molar-refractivity contribution is 0.168. The molecular weight excluding hydrogens is 210 g/mol. The largest absolute Gasteiger partial charge is 0.388 e. The molecule has 0 amide bonds. The Morgan fingerprint density at radius 2 is 2.12 bits per heavy atom. The summed E-state index contributed by atoms with van der Waals surface area (Å²) in [6.07, 6.45) is 5.51. The molecule has 0 aliphatic carbocycles. The van der Waals surface area contributed by atoms with Crippen molar-refractivity contribution in [3.8, 4) is 0 Å². The van der Waals surface area contributed by atoms with E-state index in [0.29, 0.717) is 0 Å². The minimum Gasteiger partial charge on any atom is -0.388 e. The predicted octanol–water partition coefficient (Wildman–Crippen LogP) is 3.51. The van der Waals surface area contributed by atoms with Gasteiger partial charge in [0.2, 0.25) is 0 Å². The minimum atomic E-state index is -0.276. The highest BCUT2D eigenvalue weighted by molar-refractivity contribution is 5.55. The zero-order valence-corrected chi connectivity index (χ0v) is 10.7. The van der Waals surface area contributed by atoms with Crippen LogP contribution in [0.2, 0.25) is 0 Å². The lowest BCUT2D eigenvalue weighted by atomic mass is 10.0. The molecule has 2 nitrogen and oxygen atoms in total. The van der Waals surface area contributed by atoms with Gasteiger partial charge in [-0.05, 0) is 25.3 Å². The van der Waals surface area contributed by atoms with E-state index >= 15 is 0 Å². The van der Waals surface area contributed by atoms with Gasteiger partial charge in [-0.3, -0.25) is 0 Å². The first-order valence-electron chi connectivity index (χ1n) is 6.85. The number of nitrogens with zero attached hydrogens (tertiary/aromatic N) is 1. The van der Waals surface area contributed by atoms with Gasteiger partial charge in [0.15, 0.2) is 0 Å². The number of aliphatic hydroxyl groups is 1. The van der Waals surface area contributed by atoms with Crippen LogP contribution in [-0.4, -0.2) is 18.2 Å². The van der Waals surface area contributed by atoms with E-state index in [9.17, 15) is 5.11 Å². The Morgan fingerprint density at radius 3 is 2.94 bits per heavy atom. The first-order chi connectivity index (χ1) is 8.33. The highest BCUT2D eigenvalue weighted by Crippen LogP contribution is 2.32. The van der Waals surface area contributed by atoms with Gasteiger partial charge in [-0.1, -0.05) is 38.0 Å². The summed E-state index contributed by atoms with van der Waals surface area (Å²) in [5, 5.41) is 10.1. The van der Waals surface area contributed by atoms with Crippen molar-refractivity contribution in [1.82, 2.24) is 0 Å². The molecule has 1 aromatic rings. The number of fused-ring (bicyclic) bond motifs is 1. The van der Waals surface area contributed by atoms with E-state index in [1.54, 1.807) is 0 Å². The van der Waals surface area contributed by atoms with Crippen molar-refractivity contribution in [1.29, 1.82) is 0 Å². The third kappa shape index (κ3) is 3.01. The maximum atomic E-state index is 10.1. The average molecular weight is 233 g/mol. The Labute approximate surface area is 104 Å². The normalized spacial score (nSPS) is 19.9. The molecule has 1 aromatic carbocycles. The van der Waals surface area contributed by atoms with Crippen molar-refractivity contribution in [3.63, 3.8) is 0 Å². The van der Waals surface area contributed by atoms with E-state index < -0.39 is 0 Å². The summed E-state index contributed by atoms with van der Waals surface area (Å²) in [5.41, 5.74) is 2.36. The van der Waals surface area contributed by atoms with Crippen LogP contribution < -0.4 is 4.90 Å². The van der Waals surface area contributed by atoms with E-state index in [4.69, 9.17) is 0 Å². The molecule has 1 atom stereocenters. The monoisotopic (exact) mass is 233 g/mol. The smallest absolute Gasteiger partial charge is 0.0810 e. The van der Waals surface area contributed by atoms with E-state index in [1.807, 2.05) is 6.07 Å². The van der Waals surface area contributed by atoms with Crippen LogP contribution in [0.25, 0.3) is 0 Å². The zero-order valence-electron chi connectivity index (χ0n) is 10.7. The molecule has 1 aliphatic rings. The molecule has 94 valence electrons. The number of benzene rings is 1. The molecule has 0 fully saturated rings. The number of aliphatic hydroxyl groups excluding tert-OH is 1. The van der Waals surface area contributed by atoms with Gasteiger partial charge >= 0.3 is 0 Å². The molecule has 0 saturated carbocycles. The number of para-hydroxylation sites is 1. The third-order valence-corrected chi connectivity index (χ3v) is 3.57. The summed E-state index contributed by atoms with van der Waals surface area (Å²) in [6.45, 7) is 4.44. The number of hydrogen-bond acceptors (Lipinski definition) is 2. The quantitative estimate of drug-likeness (QED) is 0.804. The van der Waals surface area contributed by atoms with Gasteiger partial charge in [-0.2, -0.15) is 0 Å².